The van der Waals surface area contributed by atoms with Crippen LogP contribution in [0, 0.1) is 13.8 Å². The Morgan fingerprint density at radius 2 is 1.71 bits per heavy atom. The Morgan fingerprint density at radius 3 is 2.29 bits per heavy atom. The first kappa shape index (κ1) is 21.7. The Balaban J connectivity index is 2.41. The number of alkyl halides is 3. The standard InChI is InChI=1S/C19H21F3N2O3S/c1-12-7-5-10-17(13(12)2)23-18(25)14(3)24(28(4,26)27)16-9-6-8-15(11-16)19(20,21)22/h5-11,14H,1-4H3,(H,23,25). The van der Waals surface area contributed by atoms with Crippen LogP contribution >= 0.6 is 0 Å². The lowest BCUT2D eigenvalue weighted by atomic mass is 10.1. The molecule has 0 aliphatic rings. The lowest BCUT2D eigenvalue weighted by Crippen LogP contribution is -2.45. The summed E-state index contributed by atoms with van der Waals surface area (Å²) in [6.45, 7) is 4.98. The van der Waals surface area contributed by atoms with Gasteiger partial charge in [-0.15, -0.1) is 0 Å². The molecule has 152 valence electrons. The number of benzene rings is 2. The predicted molar refractivity (Wildman–Crippen MR) is 103 cm³/mol. The number of anilines is 2. The van der Waals surface area contributed by atoms with Crippen molar-refractivity contribution in [2.24, 2.45) is 0 Å². The number of sulfonamides is 1. The zero-order valence-corrected chi connectivity index (χ0v) is 16.6. The average molecular weight is 414 g/mol. The van der Waals surface area contributed by atoms with E-state index in [0.29, 0.717) is 16.1 Å². The van der Waals surface area contributed by atoms with Gasteiger partial charge in [-0.1, -0.05) is 18.2 Å². The van der Waals surface area contributed by atoms with Crippen LogP contribution in [0.5, 0.6) is 0 Å². The van der Waals surface area contributed by atoms with E-state index >= 15 is 0 Å². The highest BCUT2D eigenvalue weighted by Gasteiger charge is 2.34. The van der Waals surface area contributed by atoms with E-state index in [0.717, 1.165) is 29.5 Å². The summed E-state index contributed by atoms with van der Waals surface area (Å²) in [5.41, 5.74) is 1.02. The summed E-state index contributed by atoms with van der Waals surface area (Å²) in [6, 6.07) is 7.88. The summed E-state index contributed by atoms with van der Waals surface area (Å²) in [7, 11) is -4.03. The number of nitrogens with zero attached hydrogens (tertiary/aromatic N) is 1. The lowest BCUT2D eigenvalue weighted by Gasteiger charge is -2.29. The smallest absolute Gasteiger partial charge is 0.324 e. The van der Waals surface area contributed by atoms with Gasteiger partial charge in [0.05, 0.1) is 17.5 Å². The molecule has 2 rings (SSSR count). The molecule has 0 aliphatic heterocycles. The van der Waals surface area contributed by atoms with Crippen molar-refractivity contribution in [3.05, 3.63) is 59.2 Å². The van der Waals surface area contributed by atoms with Gasteiger partial charge in [0.1, 0.15) is 6.04 Å². The summed E-state index contributed by atoms with van der Waals surface area (Å²) < 4.78 is 64.3. The Bertz CT molecular complexity index is 988. The predicted octanol–water partition coefficient (Wildman–Crippen LogP) is 4.12. The topological polar surface area (TPSA) is 66.5 Å². The minimum absolute atomic E-state index is 0.235. The zero-order valence-electron chi connectivity index (χ0n) is 15.8. The number of hydrogen-bond acceptors (Lipinski definition) is 3. The van der Waals surface area contributed by atoms with Crippen LogP contribution in [0.1, 0.15) is 23.6 Å². The average Bonchev–Trinajstić information content (AvgIpc) is 2.57. The first-order chi connectivity index (χ1) is 12.8. The van der Waals surface area contributed by atoms with Crippen molar-refractivity contribution in [2.75, 3.05) is 15.9 Å². The van der Waals surface area contributed by atoms with Gasteiger partial charge in [0, 0.05) is 5.69 Å². The van der Waals surface area contributed by atoms with Crippen molar-refractivity contribution < 1.29 is 26.4 Å². The van der Waals surface area contributed by atoms with Crippen molar-refractivity contribution in [3.8, 4) is 0 Å². The molecule has 1 amide bonds. The number of amides is 1. The van der Waals surface area contributed by atoms with E-state index in [-0.39, 0.29) is 5.69 Å². The molecule has 0 bridgehead atoms. The molecule has 0 heterocycles. The van der Waals surface area contributed by atoms with Crippen molar-refractivity contribution in [2.45, 2.75) is 33.0 Å². The maximum absolute atomic E-state index is 13.0. The Labute approximate surface area is 162 Å². The Morgan fingerprint density at radius 1 is 1.11 bits per heavy atom. The molecule has 2 aromatic rings. The zero-order chi connectivity index (χ0) is 21.3. The van der Waals surface area contributed by atoms with E-state index in [1.165, 1.54) is 13.0 Å². The van der Waals surface area contributed by atoms with Crippen LogP contribution < -0.4 is 9.62 Å². The van der Waals surface area contributed by atoms with Gasteiger partial charge in [-0.3, -0.25) is 9.10 Å². The number of nitrogens with one attached hydrogen (secondary N) is 1. The van der Waals surface area contributed by atoms with Gasteiger partial charge < -0.3 is 5.32 Å². The highest BCUT2D eigenvalue weighted by Crippen LogP contribution is 2.33. The molecule has 1 atom stereocenters. The first-order valence-electron chi connectivity index (χ1n) is 8.36. The van der Waals surface area contributed by atoms with Gasteiger partial charge in [0.25, 0.3) is 0 Å². The number of aryl methyl sites for hydroxylation is 1. The number of carbonyl (C=O) groups excluding carboxylic acids is 1. The van der Waals surface area contributed by atoms with Gasteiger partial charge >= 0.3 is 6.18 Å². The van der Waals surface area contributed by atoms with Crippen LogP contribution in [0.3, 0.4) is 0 Å². The summed E-state index contributed by atoms with van der Waals surface area (Å²) in [6.07, 6.45) is -3.79. The summed E-state index contributed by atoms with van der Waals surface area (Å²) in [5.74, 6) is -0.656. The highest BCUT2D eigenvalue weighted by atomic mass is 32.2. The van der Waals surface area contributed by atoms with Crippen molar-refractivity contribution in [3.63, 3.8) is 0 Å². The summed E-state index contributed by atoms with van der Waals surface area (Å²) in [5, 5.41) is 2.65. The van der Waals surface area contributed by atoms with Crippen LogP contribution in [0.4, 0.5) is 24.5 Å². The molecule has 0 spiro atoms. The van der Waals surface area contributed by atoms with Crippen LogP contribution in [0.15, 0.2) is 42.5 Å². The second-order valence-electron chi connectivity index (χ2n) is 6.52. The van der Waals surface area contributed by atoms with Gasteiger partial charge in [0.15, 0.2) is 0 Å². The molecule has 1 N–H and O–H groups in total. The SMILES string of the molecule is Cc1cccc(NC(=O)C(C)N(c2cccc(C(F)(F)F)c2)S(C)(=O)=O)c1C. The molecule has 0 aromatic heterocycles. The van der Waals surface area contributed by atoms with Gasteiger partial charge in [-0.2, -0.15) is 13.2 Å². The third-order valence-corrected chi connectivity index (χ3v) is 5.62. The third-order valence-electron chi connectivity index (χ3n) is 4.38. The van der Waals surface area contributed by atoms with Crippen LogP contribution in [-0.2, 0) is 21.0 Å². The largest absolute Gasteiger partial charge is 0.416 e. The molecule has 0 saturated carbocycles. The maximum atomic E-state index is 13.0. The van der Waals surface area contributed by atoms with E-state index in [4.69, 9.17) is 0 Å². The van der Waals surface area contributed by atoms with Crippen LogP contribution in [0.2, 0.25) is 0 Å². The molecular weight excluding hydrogens is 393 g/mol. The quantitative estimate of drug-likeness (QED) is 0.801. The molecule has 0 fully saturated rings. The van der Waals surface area contributed by atoms with Crippen molar-refractivity contribution in [1.29, 1.82) is 0 Å². The number of carbonyl (C=O) groups is 1. The highest BCUT2D eigenvalue weighted by molar-refractivity contribution is 7.92. The van der Waals surface area contributed by atoms with E-state index in [2.05, 4.69) is 5.32 Å². The number of hydrogen-bond donors (Lipinski definition) is 1. The molecular formula is C19H21F3N2O3S. The molecule has 0 saturated heterocycles. The third kappa shape index (κ3) is 4.83. The molecule has 0 radical (unpaired) electrons. The second-order valence-corrected chi connectivity index (χ2v) is 8.38. The fourth-order valence-electron chi connectivity index (χ4n) is 2.75. The monoisotopic (exact) mass is 414 g/mol. The minimum Gasteiger partial charge on any atom is -0.324 e. The number of halogens is 3. The molecule has 5 nitrogen and oxygen atoms in total. The first-order valence-corrected chi connectivity index (χ1v) is 10.2. The lowest BCUT2D eigenvalue weighted by molar-refractivity contribution is -0.137. The van der Waals surface area contributed by atoms with Crippen LogP contribution in [0.25, 0.3) is 0 Å². The number of rotatable bonds is 5. The normalized spacial score (nSPS) is 13.1. The molecule has 9 heteroatoms. The molecule has 0 aliphatic carbocycles. The van der Waals surface area contributed by atoms with E-state index in [1.54, 1.807) is 19.1 Å². The molecule has 1 unspecified atom stereocenters. The van der Waals surface area contributed by atoms with Gasteiger partial charge in [-0.05, 0) is 56.2 Å². The Kier molecular flexibility index (Phi) is 6.08. The Hall–Kier alpha value is -2.55. The fraction of sp³-hybridized carbons (Fsp3) is 0.316. The molecule has 2 aromatic carbocycles. The van der Waals surface area contributed by atoms with Crippen molar-refractivity contribution >= 4 is 27.3 Å². The summed E-state index contributed by atoms with van der Waals surface area (Å²) in [4.78, 5) is 12.7. The van der Waals surface area contributed by atoms with E-state index < -0.39 is 33.7 Å². The van der Waals surface area contributed by atoms with Gasteiger partial charge in [0.2, 0.25) is 15.9 Å². The van der Waals surface area contributed by atoms with Crippen LogP contribution in [-0.4, -0.2) is 26.6 Å². The summed E-state index contributed by atoms with van der Waals surface area (Å²) >= 11 is 0. The fourth-order valence-corrected chi connectivity index (χ4v) is 3.92. The van der Waals surface area contributed by atoms with E-state index in [1.807, 2.05) is 13.0 Å². The van der Waals surface area contributed by atoms with Crippen molar-refractivity contribution in [1.82, 2.24) is 0 Å². The second kappa shape index (κ2) is 7.83. The minimum atomic E-state index is -4.64. The van der Waals surface area contributed by atoms with E-state index in [9.17, 15) is 26.4 Å². The van der Waals surface area contributed by atoms with Gasteiger partial charge in [-0.25, -0.2) is 8.42 Å². The maximum Gasteiger partial charge on any atom is 0.416 e. The molecule has 28 heavy (non-hydrogen) atoms.